The molecule has 0 bridgehead atoms. The normalized spacial score (nSPS) is 35.9. The summed E-state index contributed by atoms with van der Waals surface area (Å²) in [6.07, 6.45) is 4.73. The van der Waals surface area contributed by atoms with Gasteiger partial charge < -0.3 is 9.47 Å². The lowest BCUT2D eigenvalue weighted by atomic mass is 9.89. The summed E-state index contributed by atoms with van der Waals surface area (Å²) in [7, 11) is 0. The fourth-order valence-corrected chi connectivity index (χ4v) is 2.17. The Balaban J connectivity index is 1.87. The number of carbonyl (C=O) groups excluding carboxylic acids is 1. The minimum Gasteiger partial charge on any atom is -0.340 e. The van der Waals surface area contributed by atoms with Crippen molar-refractivity contribution < 1.29 is 14.3 Å². The van der Waals surface area contributed by atoms with E-state index in [0.29, 0.717) is 6.42 Å². The van der Waals surface area contributed by atoms with Crippen molar-refractivity contribution in [2.75, 3.05) is 0 Å². The summed E-state index contributed by atoms with van der Waals surface area (Å²) in [5.41, 5.74) is 0.222. The Morgan fingerprint density at radius 2 is 2.35 bits per heavy atom. The molecule has 0 amide bonds. The van der Waals surface area contributed by atoms with Crippen molar-refractivity contribution in [3.05, 3.63) is 42.2 Å². The average molecular weight is 231 g/mol. The van der Waals surface area contributed by atoms with E-state index in [0.717, 1.165) is 5.69 Å². The fourth-order valence-electron chi connectivity index (χ4n) is 2.17. The van der Waals surface area contributed by atoms with Gasteiger partial charge in [-0.25, -0.2) is 0 Å². The zero-order valence-corrected chi connectivity index (χ0v) is 9.50. The fraction of sp³-hybridized carbons (Fsp3) is 0.385. The minimum absolute atomic E-state index is 0.0812. The summed E-state index contributed by atoms with van der Waals surface area (Å²) in [6.45, 7) is 1.93. The van der Waals surface area contributed by atoms with E-state index in [1.54, 1.807) is 18.3 Å². The summed E-state index contributed by atoms with van der Waals surface area (Å²) in [5.74, 6) is 0.0812. The number of fused-ring (bicyclic) bond motifs is 1. The number of rotatable bonds is 1. The summed E-state index contributed by atoms with van der Waals surface area (Å²) in [6, 6.07) is 5.59. The van der Waals surface area contributed by atoms with Crippen LogP contribution in [0.15, 0.2) is 36.5 Å². The Labute approximate surface area is 99.3 Å². The number of ketones is 1. The maximum atomic E-state index is 11.4. The lowest BCUT2D eigenvalue weighted by Gasteiger charge is -2.26. The van der Waals surface area contributed by atoms with Gasteiger partial charge >= 0.3 is 0 Å². The van der Waals surface area contributed by atoms with Crippen LogP contribution < -0.4 is 0 Å². The number of carbonyl (C=O) groups is 1. The number of allylic oxidation sites excluding steroid dienone is 1. The average Bonchev–Trinajstić information content (AvgIpc) is 2.68. The van der Waals surface area contributed by atoms with E-state index in [-0.39, 0.29) is 11.9 Å². The first-order chi connectivity index (χ1) is 8.17. The monoisotopic (exact) mass is 231 g/mol. The van der Waals surface area contributed by atoms with Crippen LogP contribution in [0.5, 0.6) is 0 Å². The van der Waals surface area contributed by atoms with Crippen LogP contribution in [0.3, 0.4) is 0 Å². The highest BCUT2D eigenvalue weighted by molar-refractivity contribution is 5.91. The first kappa shape index (κ1) is 10.6. The van der Waals surface area contributed by atoms with E-state index in [9.17, 15) is 4.79 Å². The third-order valence-corrected chi connectivity index (χ3v) is 3.20. The van der Waals surface area contributed by atoms with E-state index in [4.69, 9.17) is 9.47 Å². The molecule has 3 rings (SSSR count). The van der Waals surface area contributed by atoms with Crippen molar-refractivity contribution in [1.82, 2.24) is 4.98 Å². The van der Waals surface area contributed by atoms with Gasteiger partial charge in [0, 0.05) is 12.6 Å². The van der Waals surface area contributed by atoms with Crippen molar-refractivity contribution in [1.29, 1.82) is 0 Å². The van der Waals surface area contributed by atoms with Crippen LogP contribution >= 0.6 is 0 Å². The number of pyridine rings is 1. The molecule has 1 aliphatic carbocycles. The second kappa shape index (κ2) is 3.75. The van der Waals surface area contributed by atoms with E-state index in [2.05, 4.69) is 4.98 Å². The van der Waals surface area contributed by atoms with Crippen LogP contribution in [-0.4, -0.2) is 22.5 Å². The second-order valence-corrected chi connectivity index (χ2v) is 4.52. The van der Waals surface area contributed by atoms with Crippen LogP contribution in [0.2, 0.25) is 0 Å². The quantitative estimate of drug-likeness (QED) is 0.739. The molecule has 2 heterocycles. The van der Waals surface area contributed by atoms with E-state index < -0.39 is 11.9 Å². The van der Waals surface area contributed by atoms with Crippen LogP contribution in [0.1, 0.15) is 25.3 Å². The molecular weight excluding hydrogens is 218 g/mol. The summed E-state index contributed by atoms with van der Waals surface area (Å²) >= 11 is 0. The van der Waals surface area contributed by atoms with Crippen molar-refractivity contribution >= 4 is 5.78 Å². The van der Waals surface area contributed by atoms with Crippen LogP contribution in [0.25, 0.3) is 0 Å². The van der Waals surface area contributed by atoms with Gasteiger partial charge in [-0.1, -0.05) is 6.07 Å². The van der Waals surface area contributed by atoms with Gasteiger partial charge in [-0.05, 0) is 31.2 Å². The van der Waals surface area contributed by atoms with E-state index >= 15 is 0 Å². The van der Waals surface area contributed by atoms with Crippen molar-refractivity contribution in [3.8, 4) is 0 Å². The highest BCUT2D eigenvalue weighted by Gasteiger charge is 2.47. The van der Waals surface area contributed by atoms with Gasteiger partial charge in [0.15, 0.2) is 5.78 Å². The van der Waals surface area contributed by atoms with Gasteiger partial charge in [-0.3, -0.25) is 9.78 Å². The number of ether oxygens (including phenoxy) is 2. The Kier molecular flexibility index (Phi) is 2.34. The predicted octanol–water partition coefficient (Wildman–Crippen LogP) is 1.78. The first-order valence-electron chi connectivity index (χ1n) is 5.64. The van der Waals surface area contributed by atoms with E-state index in [1.807, 2.05) is 25.1 Å². The highest BCUT2D eigenvalue weighted by Crippen LogP contribution is 2.41. The molecule has 4 nitrogen and oxygen atoms in total. The van der Waals surface area contributed by atoms with Crippen molar-refractivity contribution in [2.45, 2.75) is 31.3 Å². The standard InChI is InChI=1S/C13H13NO3/c1-13-6-5-9(15)8-11(13)16-12(17-13)10-4-2-3-7-14-10/h2-7,11-12H,8H2,1H3/t11-,12+,13+/m1/s1. The summed E-state index contributed by atoms with van der Waals surface area (Å²) in [5, 5.41) is 0. The molecule has 0 unspecified atom stereocenters. The topological polar surface area (TPSA) is 48.4 Å². The molecule has 0 saturated carbocycles. The molecule has 1 aromatic heterocycles. The smallest absolute Gasteiger partial charge is 0.202 e. The molecule has 88 valence electrons. The van der Waals surface area contributed by atoms with Gasteiger partial charge in [0.05, 0.1) is 5.69 Å². The zero-order chi connectivity index (χ0) is 11.9. The van der Waals surface area contributed by atoms with Crippen LogP contribution in [-0.2, 0) is 14.3 Å². The lowest BCUT2D eigenvalue weighted by molar-refractivity contribution is -0.118. The molecule has 0 radical (unpaired) electrons. The number of nitrogens with zero attached hydrogens (tertiary/aromatic N) is 1. The van der Waals surface area contributed by atoms with Crippen molar-refractivity contribution in [3.63, 3.8) is 0 Å². The molecule has 0 spiro atoms. The molecule has 1 aliphatic heterocycles. The van der Waals surface area contributed by atoms with Crippen molar-refractivity contribution in [2.24, 2.45) is 0 Å². The Hall–Kier alpha value is -1.52. The van der Waals surface area contributed by atoms with Gasteiger partial charge in [0.1, 0.15) is 11.7 Å². The molecule has 0 aromatic carbocycles. The minimum atomic E-state index is -0.518. The van der Waals surface area contributed by atoms with Gasteiger partial charge in [0.25, 0.3) is 0 Å². The van der Waals surface area contributed by atoms with Gasteiger partial charge in [0.2, 0.25) is 6.29 Å². The lowest BCUT2D eigenvalue weighted by Crippen LogP contribution is -2.38. The molecule has 2 aliphatic rings. The SMILES string of the molecule is C[C@]12C=CC(=O)C[C@H]1O[C@H](c1ccccn1)O2. The molecule has 1 aromatic rings. The third-order valence-electron chi connectivity index (χ3n) is 3.20. The van der Waals surface area contributed by atoms with Gasteiger partial charge in [-0.2, -0.15) is 0 Å². The Morgan fingerprint density at radius 3 is 3.12 bits per heavy atom. The molecular formula is C13H13NO3. The largest absolute Gasteiger partial charge is 0.340 e. The number of hydrogen-bond donors (Lipinski definition) is 0. The molecule has 3 atom stereocenters. The summed E-state index contributed by atoms with van der Waals surface area (Å²) in [4.78, 5) is 15.6. The van der Waals surface area contributed by atoms with Gasteiger partial charge in [-0.15, -0.1) is 0 Å². The van der Waals surface area contributed by atoms with Crippen LogP contribution in [0.4, 0.5) is 0 Å². The van der Waals surface area contributed by atoms with Crippen LogP contribution in [0, 0.1) is 0 Å². The Morgan fingerprint density at radius 1 is 1.47 bits per heavy atom. The highest BCUT2D eigenvalue weighted by atomic mass is 16.7. The third kappa shape index (κ3) is 1.79. The predicted molar refractivity (Wildman–Crippen MR) is 60.1 cm³/mol. The second-order valence-electron chi connectivity index (χ2n) is 4.52. The maximum Gasteiger partial charge on any atom is 0.202 e. The zero-order valence-electron chi connectivity index (χ0n) is 9.50. The molecule has 17 heavy (non-hydrogen) atoms. The number of hydrogen-bond acceptors (Lipinski definition) is 4. The molecule has 4 heteroatoms. The maximum absolute atomic E-state index is 11.4. The number of aromatic nitrogens is 1. The summed E-state index contributed by atoms with van der Waals surface area (Å²) < 4.78 is 11.6. The molecule has 0 N–H and O–H groups in total. The Bertz CT molecular complexity index is 471. The molecule has 1 fully saturated rings. The first-order valence-corrected chi connectivity index (χ1v) is 5.64. The molecule has 1 saturated heterocycles. The van der Waals surface area contributed by atoms with E-state index in [1.165, 1.54) is 0 Å².